The van der Waals surface area contributed by atoms with Crippen LogP contribution in [0.15, 0.2) is 12.1 Å². The summed E-state index contributed by atoms with van der Waals surface area (Å²) in [6, 6.07) is 5.01. The van der Waals surface area contributed by atoms with Crippen LogP contribution in [0, 0.1) is 0 Å². The number of fused-ring (bicyclic) bond motifs is 1. The SMILES string of the molecule is CP1CC(C)(C)c2cc(C(C)(C)C)cc(C(C)(C)C)c21. The predicted molar refractivity (Wildman–Crippen MR) is 94.2 cm³/mol. The molecule has 1 heterocycles. The molecule has 0 aromatic heterocycles. The molecule has 1 aromatic rings. The van der Waals surface area contributed by atoms with Gasteiger partial charge in [-0.15, -0.1) is 0 Å². The zero-order valence-corrected chi connectivity index (χ0v) is 15.7. The van der Waals surface area contributed by atoms with Crippen molar-refractivity contribution >= 4 is 13.2 Å². The minimum absolute atomic E-state index is 0.00214. The summed E-state index contributed by atoms with van der Waals surface area (Å²) in [6.07, 6.45) is 1.34. The summed E-state index contributed by atoms with van der Waals surface area (Å²) < 4.78 is 0. The van der Waals surface area contributed by atoms with Crippen molar-refractivity contribution in [3.05, 3.63) is 28.8 Å². The third-order valence-corrected chi connectivity index (χ3v) is 7.04. The molecule has 0 bridgehead atoms. The molecule has 2 rings (SSSR count). The van der Waals surface area contributed by atoms with Gasteiger partial charge in [0.25, 0.3) is 0 Å². The standard InChI is InChI=1S/C19H31P/c1-17(2,3)13-10-14(18(4,5)6)16-15(11-13)19(7,8)12-20(16)9/h10-11H,12H2,1-9H3. The Morgan fingerprint density at radius 1 is 0.950 bits per heavy atom. The number of hydrogen-bond donors (Lipinski definition) is 0. The van der Waals surface area contributed by atoms with Gasteiger partial charge in [-0.2, -0.15) is 0 Å². The summed E-state index contributed by atoms with van der Waals surface area (Å²) in [6.45, 7) is 21.4. The Labute approximate surface area is 127 Å². The highest BCUT2D eigenvalue weighted by molar-refractivity contribution is 7.65. The van der Waals surface area contributed by atoms with Crippen LogP contribution in [0.3, 0.4) is 0 Å². The van der Waals surface area contributed by atoms with Crippen molar-refractivity contribution in [1.29, 1.82) is 0 Å². The summed E-state index contributed by atoms with van der Waals surface area (Å²) in [5, 5.41) is 1.70. The van der Waals surface area contributed by atoms with Gasteiger partial charge in [-0.05, 0) is 51.1 Å². The number of benzene rings is 1. The Balaban J connectivity index is 2.79. The van der Waals surface area contributed by atoms with Crippen molar-refractivity contribution in [3.8, 4) is 0 Å². The zero-order chi connectivity index (χ0) is 15.5. The van der Waals surface area contributed by atoms with Crippen LogP contribution in [-0.4, -0.2) is 12.8 Å². The Kier molecular flexibility index (Phi) is 3.66. The van der Waals surface area contributed by atoms with Crippen molar-refractivity contribution in [3.63, 3.8) is 0 Å². The molecule has 0 N–H and O–H groups in total. The summed E-state index contributed by atoms with van der Waals surface area (Å²) in [4.78, 5) is 0. The largest absolute Gasteiger partial charge is 0.0770 e. The average Bonchev–Trinajstić information content (AvgIpc) is 2.46. The molecule has 1 aromatic carbocycles. The van der Waals surface area contributed by atoms with E-state index in [4.69, 9.17) is 0 Å². The van der Waals surface area contributed by atoms with E-state index in [-0.39, 0.29) is 18.8 Å². The second-order valence-electron chi connectivity index (χ2n) is 9.16. The van der Waals surface area contributed by atoms with Gasteiger partial charge < -0.3 is 0 Å². The second kappa shape index (κ2) is 4.57. The van der Waals surface area contributed by atoms with Gasteiger partial charge in [0, 0.05) is 0 Å². The molecule has 0 fully saturated rings. The molecule has 0 amide bonds. The van der Waals surface area contributed by atoms with Crippen LogP contribution in [0.5, 0.6) is 0 Å². The first-order chi connectivity index (χ1) is 8.84. The molecule has 1 heteroatoms. The molecule has 0 radical (unpaired) electrons. The van der Waals surface area contributed by atoms with Gasteiger partial charge in [-0.3, -0.25) is 0 Å². The van der Waals surface area contributed by atoms with E-state index in [0.717, 1.165) is 0 Å². The maximum atomic E-state index is 2.51. The third-order valence-electron chi connectivity index (χ3n) is 4.53. The van der Waals surface area contributed by atoms with Gasteiger partial charge in [0.1, 0.15) is 0 Å². The summed E-state index contributed by atoms with van der Waals surface area (Å²) in [5.41, 5.74) is 5.53. The van der Waals surface area contributed by atoms with E-state index < -0.39 is 0 Å². The van der Waals surface area contributed by atoms with Gasteiger partial charge in [-0.25, -0.2) is 0 Å². The van der Waals surface area contributed by atoms with Crippen LogP contribution in [0.1, 0.15) is 72.1 Å². The Morgan fingerprint density at radius 3 is 1.95 bits per heavy atom. The Morgan fingerprint density at radius 2 is 1.50 bits per heavy atom. The first-order valence-electron chi connectivity index (χ1n) is 7.75. The third kappa shape index (κ3) is 2.69. The quantitative estimate of drug-likeness (QED) is 0.568. The fraction of sp³-hybridized carbons (Fsp3) is 0.684. The van der Waals surface area contributed by atoms with E-state index in [1.54, 1.807) is 16.4 Å². The van der Waals surface area contributed by atoms with E-state index >= 15 is 0 Å². The molecule has 1 aliphatic heterocycles. The van der Waals surface area contributed by atoms with E-state index in [2.05, 4.69) is 74.2 Å². The topological polar surface area (TPSA) is 0 Å². The van der Waals surface area contributed by atoms with E-state index in [9.17, 15) is 0 Å². The molecule has 1 unspecified atom stereocenters. The molecule has 0 saturated heterocycles. The van der Waals surface area contributed by atoms with Crippen LogP contribution in [-0.2, 0) is 16.2 Å². The lowest BCUT2D eigenvalue weighted by molar-refractivity contribution is 0.560. The predicted octanol–water partition coefficient (Wildman–Crippen LogP) is 5.31. The molecule has 112 valence electrons. The molecule has 0 aliphatic carbocycles. The van der Waals surface area contributed by atoms with Crippen molar-refractivity contribution in [2.24, 2.45) is 0 Å². The molecule has 0 nitrogen and oxygen atoms in total. The van der Waals surface area contributed by atoms with E-state index in [0.29, 0.717) is 5.41 Å². The van der Waals surface area contributed by atoms with Crippen LogP contribution < -0.4 is 5.30 Å². The Bertz CT molecular complexity index is 524. The second-order valence-corrected chi connectivity index (χ2v) is 11.3. The van der Waals surface area contributed by atoms with Gasteiger partial charge in [-0.1, -0.05) is 75.4 Å². The van der Waals surface area contributed by atoms with Crippen LogP contribution in [0.2, 0.25) is 0 Å². The molecule has 1 aliphatic rings. The fourth-order valence-corrected chi connectivity index (χ4v) is 6.43. The zero-order valence-electron chi connectivity index (χ0n) is 14.8. The molecule has 20 heavy (non-hydrogen) atoms. The highest BCUT2D eigenvalue weighted by Crippen LogP contribution is 2.51. The molecule has 1 atom stereocenters. The fourth-order valence-electron chi connectivity index (χ4n) is 3.32. The highest BCUT2D eigenvalue weighted by Gasteiger charge is 2.39. The molecule has 0 spiro atoms. The molecule has 0 saturated carbocycles. The van der Waals surface area contributed by atoms with Crippen molar-refractivity contribution in [2.75, 3.05) is 12.8 Å². The van der Waals surface area contributed by atoms with Gasteiger partial charge >= 0.3 is 0 Å². The first kappa shape index (κ1) is 16.0. The molecular formula is C19H31P. The smallest absolute Gasteiger partial charge is 0.00549 e. The molecular weight excluding hydrogens is 259 g/mol. The first-order valence-corrected chi connectivity index (χ1v) is 9.72. The minimum atomic E-state index is -0.00214. The lowest BCUT2D eigenvalue weighted by Crippen LogP contribution is -2.27. The number of rotatable bonds is 0. The van der Waals surface area contributed by atoms with E-state index in [1.807, 2.05) is 0 Å². The minimum Gasteiger partial charge on any atom is -0.0770 e. The number of hydrogen-bond acceptors (Lipinski definition) is 0. The van der Waals surface area contributed by atoms with Crippen molar-refractivity contribution in [1.82, 2.24) is 0 Å². The van der Waals surface area contributed by atoms with Crippen LogP contribution in [0.25, 0.3) is 0 Å². The van der Waals surface area contributed by atoms with Crippen LogP contribution >= 0.6 is 7.92 Å². The van der Waals surface area contributed by atoms with Gasteiger partial charge in [0.2, 0.25) is 0 Å². The van der Waals surface area contributed by atoms with Gasteiger partial charge in [0.15, 0.2) is 0 Å². The van der Waals surface area contributed by atoms with Gasteiger partial charge in [0.05, 0.1) is 0 Å². The summed E-state index contributed by atoms with van der Waals surface area (Å²) in [5.74, 6) is 0. The lowest BCUT2D eigenvalue weighted by Gasteiger charge is -2.30. The lowest BCUT2D eigenvalue weighted by atomic mass is 9.75. The average molecular weight is 290 g/mol. The Hall–Kier alpha value is -0.350. The normalized spacial score (nSPS) is 21.9. The summed E-state index contributed by atoms with van der Waals surface area (Å²) >= 11 is 0. The maximum absolute atomic E-state index is 2.51. The van der Waals surface area contributed by atoms with Crippen molar-refractivity contribution < 1.29 is 0 Å². The van der Waals surface area contributed by atoms with Crippen molar-refractivity contribution in [2.45, 2.75) is 71.6 Å². The maximum Gasteiger partial charge on any atom is -0.00549 e. The highest BCUT2D eigenvalue weighted by atomic mass is 31.1. The summed E-state index contributed by atoms with van der Waals surface area (Å²) in [7, 11) is -0.00214. The monoisotopic (exact) mass is 290 g/mol. The van der Waals surface area contributed by atoms with E-state index in [1.165, 1.54) is 11.7 Å². The van der Waals surface area contributed by atoms with Crippen LogP contribution in [0.4, 0.5) is 0 Å².